The molecule has 0 spiro atoms. The average Bonchev–Trinajstić information content (AvgIpc) is 2.38. The van der Waals surface area contributed by atoms with E-state index in [2.05, 4.69) is 5.32 Å². The predicted molar refractivity (Wildman–Crippen MR) is 78.6 cm³/mol. The zero-order chi connectivity index (χ0) is 14.4. The predicted octanol–water partition coefficient (Wildman–Crippen LogP) is 1.46. The molecule has 1 atom stereocenters. The minimum atomic E-state index is -0.959. The molecule has 0 radical (unpaired) electrons. The van der Waals surface area contributed by atoms with Crippen molar-refractivity contribution in [1.29, 1.82) is 0 Å². The Morgan fingerprint density at radius 1 is 1.35 bits per heavy atom. The lowest BCUT2D eigenvalue weighted by Gasteiger charge is -2.20. The van der Waals surface area contributed by atoms with E-state index in [0.717, 1.165) is 0 Å². The zero-order valence-corrected chi connectivity index (χ0v) is 12.4. The number of halogens is 1. The number of carboxylic acid groups (broad SMARTS) is 1. The number of hydrogen-bond donors (Lipinski definition) is 2. The van der Waals surface area contributed by atoms with E-state index in [1.807, 2.05) is 0 Å². The highest BCUT2D eigenvalue weighted by Gasteiger charge is 2.18. The summed E-state index contributed by atoms with van der Waals surface area (Å²) in [5.74, 6) is -0.518. The third-order valence-electron chi connectivity index (χ3n) is 2.79. The molecule has 1 aromatic rings. The first-order valence-electron chi connectivity index (χ1n) is 5.81. The Balaban J connectivity index is 0.00000361. The van der Waals surface area contributed by atoms with E-state index in [4.69, 9.17) is 9.84 Å². The van der Waals surface area contributed by atoms with Crippen LogP contribution < -0.4 is 10.1 Å². The second-order valence-electron chi connectivity index (χ2n) is 4.21. The molecule has 0 aliphatic heterocycles. The summed E-state index contributed by atoms with van der Waals surface area (Å²) in [6.07, 6.45) is 0. The average molecular weight is 303 g/mol. The molecule has 0 aromatic heterocycles. The molecule has 0 saturated heterocycles. The number of aliphatic carboxylic acids is 1. The van der Waals surface area contributed by atoms with Crippen LogP contribution in [0, 0.1) is 0 Å². The first-order chi connectivity index (χ1) is 8.93. The monoisotopic (exact) mass is 302 g/mol. The Bertz CT molecular complexity index is 450. The van der Waals surface area contributed by atoms with Crippen molar-refractivity contribution in [2.24, 2.45) is 0 Å². The number of likely N-dealkylation sites (N-methyl/N-ethyl adjacent to an activating group) is 1. The van der Waals surface area contributed by atoms with Crippen LogP contribution in [0.25, 0.3) is 0 Å². The van der Waals surface area contributed by atoms with Crippen molar-refractivity contribution in [2.45, 2.75) is 13.0 Å². The fourth-order valence-corrected chi connectivity index (χ4v) is 1.43. The topological polar surface area (TPSA) is 78.9 Å². The van der Waals surface area contributed by atoms with E-state index >= 15 is 0 Å². The van der Waals surface area contributed by atoms with E-state index in [0.29, 0.717) is 11.4 Å². The lowest BCUT2D eigenvalue weighted by Crippen LogP contribution is -2.40. The standard InChI is InChI=1S/C13H18N2O4.ClH/c1-9(13(17)18)15(2)8-12(16)14-10-4-6-11(19-3)7-5-10;/h4-7,9H,8H2,1-3H3,(H,14,16)(H,17,18);1H. The van der Waals surface area contributed by atoms with Crippen LogP contribution in [0.4, 0.5) is 5.69 Å². The van der Waals surface area contributed by atoms with Crippen molar-refractivity contribution in [3.8, 4) is 5.75 Å². The minimum Gasteiger partial charge on any atom is -0.497 e. The molecule has 2 N–H and O–H groups in total. The summed E-state index contributed by atoms with van der Waals surface area (Å²) in [5.41, 5.74) is 0.641. The lowest BCUT2D eigenvalue weighted by molar-refractivity contribution is -0.142. The van der Waals surface area contributed by atoms with E-state index in [1.54, 1.807) is 38.4 Å². The number of carbonyl (C=O) groups is 2. The van der Waals surface area contributed by atoms with Crippen LogP contribution in [0.15, 0.2) is 24.3 Å². The molecule has 0 aliphatic carbocycles. The van der Waals surface area contributed by atoms with E-state index in [9.17, 15) is 9.59 Å². The van der Waals surface area contributed by atoms with Gasteiger partial charge in [-0.15, -0.1) is 12.4 Å². The largest absolute Gasteiger partial charge is 0.497 e. The number of carbonyl (C=O) groups excluding carboxylic acids is 1. The molecule has 6 nitrogen and oxygen atoms in total. The third-order valence-corrected chi connectivity index (χ3v) is 2.79. The molecule has 1 aromatic carbocycles. The molecule has 7 heteroatoms. The smallest absolute Gasteiger partial charge is 0.320 e. The molecular weight excluding hydrogens is 284 g/mol. The van der Waals surface area contributed by atoms with Gasteiger partial charge in [0.1, 0.15) is 11.8 Å². The van der Waals surface area contributed by atoms with Crippen molar-refractivity contribution in [3.63, 3.8) is 0 Å². The number of anilines is 1. The maximum absolute atomic E-state index is 11.7. The maximum Gasteiger partial charge on any atom is 0.320 e. The summed E-state index contributed by atoms with van der Waals surface area (Å²) >= 11 is 0. The van der Waals surface area contributed by atoms with Gasteiger partial charge in [0.25, 0.3) is 0 Å². The number of carboxylic acids is 1. The molecular formula is C13H19ClN2O4. The van der Waals surface area contributed by atoms with Crippen LogP contribution in [0.3, 0.4) is 0 Å². The fraction of sp³-hybridized carbons (Fsp3) is 0.385. The Labute approximate surface area is 124 Å². The Hall–Kier alpha value is -1.79. The SMILES string of the molecule is COc1ccc(NC(=O)CN(C)C(C)C(=O)O)cc1.Cl. The van der Waals surface area contributed by atoms with E-state index in [-0.39, 0.29) is 24.9 Å². The van der Waals surface area contributed by atoms with E-state index in [1.165, 1.54) is 11.8 Å². The summed E-state index contributed by atoms with van der Waals surface area (Å²) < 4.78 is 5.01. The molecule has 1 amide bonds. The third kappa shape index (κ3) is 5.46. The van der Waals surface area contributed by atoms with Gasteiger partial charge in [-0.25, -0.2) is 0 Å². The summed E-state index contributed by atoms with van der Waals surface area (Å²) in [7, 11) is 3.15. The summed E-state index contributed by atoms with van der Waals surface area (Å²) in [6.45, 7) is 1.54. The van der Waals surface area contributed by atoms with Crippen LogP contribution in [0.1, 0.15) is 6.92 Å². The second kappa shape index (κ2) is 8.39. The van der Waals surface area contributed by atoms with Gasteiger partial charge in [-0.1, -0.05) is 0 Å². The molecule has 0 saturated carbocycles. The highest BCUT2D eigenvalue weighted by molar-refractivity contribution is 5.92. The van der Waals surface area contributed by atoms with Gasteiger partial charge in [-0.3, -0.25) is 14.5 Å². The van der Waals surface area contributed by atoms with Gasteiger partial charge in [0.05, 0.1) is 13.7 Å². The second-order valence-corrected chi connectivity index (χ2v) is 4.21. The van der Waals surface area contributed by atoms with Crippen molar-refractivity contribution in [2.75, 3.05) is 26.0 Å². The number of methoxy groups -OCH3 is 1. The van der Waals surface area contributed by atoms with Gasteiger partial charge in [0, 0.05) is 5.69 Å². The maximum atomic E-state index is 11.7. The first-order valence-corrected chi connectivity index (χ1v) is 5.81. The number of nitrogens with one attached hydrogen (secondary N) is 1. The highest BCUT2D eigenvalue weighted by Crippen LogP contribution is 2.14. The molecule has 0 heterocycles. The van der Waals surface area contributed by atoms with Crippen molar-refractivity contribution in [3.05, 3.63) is 24.3 Å². The van der Waals surface area contributed by atoms with Gasteiger partial charge < -0.3 is 15.2 Å². The Morgan fingerprint density at radius 3 is 2.35 bits per heavy atom. The molecule has 1 unspecified atom stereocenters. The summed E-state index contributed by atoms with van der Waals surface area (Å²) in [6, 6.07) is 6.20. The van der Waals surface area contributed by atoms with Crippen LogP contribution in [-0.4, -0.2) is 48.6 Å². The Morgan fingerprint density at radius 2 is 1.90 bits per heavy atom. The zero-order valence-electron chi connectivity index (χ0n) is 11.6. The normalized spacial score (nSPS) is 11.4. The molecule has 1 rings (SSSR count). The fourth-order valence-electron chi connectivity index (χ4n) is 1.43. The van der Waals surface area contributed by atoms with Gasteiger partial charge in [0.15, 0.2) is 0 Å². The van der Waals surface area contributed by atoms with Gasteiger partial charge in [-0.2, -0.15) is 0 Å². The van der Waals surface area contributed by atoms with Crippen molar-refractivity contribution >= 4 is 30.0 Å². The Kier molecular flexibility index (Phi) is 7.64. The van der Waals surface area contributed by atoms with Crippen LogP contribution >= 0.6 is 12.4 Å². The van der Waals surface area contributed by atoms with Gasteiger partial charge >= 0.3 is 5.97 Å². The molecule has 0 aliphatic rings. The van der Waals surface area contributed by atoms with Gasteiger partial charge in [0.2, 0.25) is 5.91 Å². The first kappa shape index (κ1) is 18.2. The van der Waals surface area contributed by atoms with Crippen molar-refractivity contribution < 1.29 is 19.4 Å². The van der Waals surface area contributed by atoms with Crippen LogP contribution in [-0.2, 0) is 9.59 Å². The highest BCUT2D eigenvalue weighted by atomic mass is 35.5. The summed E-state index contributed by atoms with van der Waals surface area (Å²) in [4.78, 5) is 24.0. The van der Waals surface area contributed by atoms with Crippen molar-refractivity contribution in [1.82, 2.24) is 4.90 Å². The number of ether oxygens (including phenoxy) is 1. The molecule has 0 fully saturated rings. The van der Waals surface area contributed by atoms with Crippen LogP contribution in [0.2, 0.25) is 0 Å². The quantitative estimate of drug-likeness (QED) is 0.832. The summed E-state index contributed by atoms with van der Waals surface area (Å²) in [5, 5.41) is 11.5. The number of nitrogens with zero attached hydrogens (tertiary/aromatic N) is 1. The molecule has 20 heavy (non-hydrogen) atoms. The van der Waals surface area contributed by atoms with E-state index < -0.39 is 12.0 Å². The van der Waals surface area contributed by atoms with Crippen LogP contribution in [0.5, 0.6) is 5.75 Å². The van der Waals surface area contributed by atoms with Gasteiger partial charge in [-0.05, 0) is 38.2 Å². The number of hydrogen-bond acceptors (Lipinski definition) is 4. The number of benzene rings is 1. The molecule has 0 bridgehead atoms. The number of amides is 1. The number of rotatable bonds is 6. The minimum absolute atomic E-state index is 0. The lowest BCUT2D eigenvalue weighted by atomic mass is 10.3. The molecule has 112 valence electrons.